The largest absolute Gasteiger partial charge is 0.490 e. The molecule has 1 aliphatic rings. The lowest BCUT2D eigenvalue weighted by Crippen LogP contribution is -2.38. The highest BCUT2D eigenvalue weighted by Crippen LogP contribution is 2.25. The number of carbonyl (C=O) groups excluding carboxylic acids is 1. The molecule has 190 valence electrons. The van der Waals surface area contributed by atoms with Crippen molar-refractivity contribution in [2.24, 2.45) is 0 Å². The zero-order chi connectivity index (χ0) is 26.2. The maximum atomic E-state index is 12.4. The zero-order valence-electron chi connectivity index (χ0n) is 19.0. The summed E-state index contributed by atoms with van der Waals surface area (Å²) in [5, 5.41) is 19.5. The molecule has 9 nitrogen and oxygen atoms in total. The molecule has 0 saturated carbocycles. The van der Waals surface area contributed by atoms with Crippen molar-refractivity contribution in [1.82, 2.24) is 0 Å². The van der Waals surface area contributed by atoms with Crippen molar-refractivity contribution in [3.05, 3.63) is 59.2 Å². The van der Waals surface area contributed by atoms with Gasteiger partial charge in [0, 0.05) is 24.8 Å². The molecule has 0 aliphatic carbocycles. The van der Waals surface area contributed by atoms with E-state index in [9.17, 15) is 27.9 Å². The summed E-state index contributed by atoms with van der Waals surface area (Å²) in [5.74, 6) is -4.10. The fourth-order valence-corrected chi connectivity index (χ4v) is 3.15. The van der Waals surface area contributed by atoms with Gasteiger partial charge in [-0.1, -0.05) is 17.7 Å². The van der Waals surface area contributed by atoms with Crippen molar-refractivity contribution in [2.75, 3.05) is 43.6 Å². The summed E-state index contributed by atoms with van der Waals surface area (Å²) in [5.41, 5.74) is 2.59. The van der Waals surface area contributed by atoms with Crippen LogP contribution >= 0.6 is 0 Å². The van der Waals surface area contributed by atoms with E-state index in [0.717, 1.165) is 5.56 Å². The van der Waals surface area contributed by atoms with Gasteiger partial charge >= 0.3 is 18.1 Å². The Morgan fingerprint density at radius 2 is 1.80 bits per heavy atom. The van der Waals surface area contributed by atoms with E-state index in [4.69, 9.17) is 19.4 Å². The first-order chi connectivity index (χ1) is 16.4. The molecule has 0 radical (unpaired) electrons. The number of ether oxygens (including phenoxy) is 2. The van der Waals surface area contributed by atoms with Gasteiger partial charge in [-0.3, -0.25) is 4.79 Å². The molecular weight excluding hydrogens is 473 g/mol. The average Bonchev–Trinajstić information content (AvgIpc) is 2.79. The molecule has 35 heavy (non-hydrogen) atoms. The van der Waals surface area contributed by atoms with Gasteiger partial charge in [-0.05, 0) is 37.3 Å². The third-order valence-electron chi connectivity index (χ3n) is 4.78. The van der Waals surface area contributed by atoms with Crippen LogP contribution in [0.4, 0.5) is 24.5 Å². The summed E-state index contributed by atoms with van der Waals surface area (Å²) in [6, 6.07) is 12.1. The Hall–Kier alpha value is -3.64. The number of amides is 1. The summed E-state index contributed by atoms with van der Waals surface area (Å²) >= 11 is 0. The predicted octanol–water partition coefficient (Wildman–Crippen LogP) is 3.43. The summed E-state index contributed by atoms with van der Waals surface area (Å²) < 4.78 is 42.8. The van der Waals surface area contributed by atoms with E-state index in [1.165, 1.54) is 6.07 Å². The predicted molar refractivity (Wildman–Crippen MR) is 120 cm³/mol. The molecule has 1 aliphatic heterocycles. The fourth-order valence-electron chi connectivity index (χ4n) is 3.15. The highest BCUT2D eigenvalue weighted by Gasteiger charge is 2.38. The number of hydrogen-bond acceptors (Lipinski definition) is 6. The van der Waals surface area contributed by atoms with Crippen LogP contribution < -0.4 is 10.2 Å². The number of aliphatic carboxylic acids is 1. The van der Waals surface area contributed by atoms with Crippen LogP contribution in [0.2, 0.25) is 0 Å². The third kappa shape index (κ3) is 8.58. The van der Waals surface area contributed by atoms with Gasteiger partial charge in [-0.15, -0.1) is 0 Å². The highest BCUT2D eigenvalue weighted by atomic mass is 19.4. The summed E-state index contributed by atoms with van der Waals surface area (Å²) in [7, 11) is 1.81. The highest BCUT2D eigenvalue weighted by molar-refractivity contribution is 6.05. The van der Waals surface area contributed by atoms with Gasteiger partial charge in [0.15, 0.2) is 0 Å². The molecule has 12 heteroatoms. The van der Waals surface area contributed by atoms with Crippen LogP contribution in [0.25, 0.3) is 0 Å². The maximum Gasteiger partial charge on any atom is 0.490 e. The molecular formula is C23H25F3N2O7. The summed E-state index contributed by atoms with van der Waals surface area (Å²) in [6.45, 7) is 4.02. The Morgan fingerprint density at radius 1 is 1.11 bits per heavy atom. The Balaban J connectivity index is 0.000000540. The number of halogens is 3. The molecule has 2 aromatic carbocycles. The average molecular weight is 498 g/mol. The number of aromatic carboxylic acids is 1. The SMILES string of the molecule is Cc1cccc(C(=O)Nc2ccc(N(C)CC3COCCO3)c(C(=O)O)c2)c1.O=C(O)C(F)(F)F. The van der Waals surface area contributed by atoms with E-state index in [1.54, 1.807) is 24.3 Å². The minimum atomic E-state index is -5.08. The van der Waals surface area contributed by atoms with Crippen LogP contribution in [0.3, 0.4) is 0 Å². The number of alkyl halides is 3. The molecule has 1 saturated heterocycles. The number of anilines is 2. The Kier molecular flexibility index (Phi) is 9.60. The molecule has 1 atom stereocenters. The van der Waals surface area contributed by atoms with Crippen LogP contribution in [-0.2, 0) is 14.3 Å². The number of carboxylic acid groups (broad SMARTS) is 2. The number of nitrogens with zero attached hydrogens (tertiary/aromatic N) is 1. The third-order valence-corrected chi connectivity index (χ3v) is 4.78. The number of rotatable bonds is 6. The number of carbonyl (C=O) groups is 3. The molecule has 2 aromatic rings. The number of carboxylic acids is 2. The second-order valence-electron chi connectivity index (χ2n) is 7.61. The molecule has 1 fully saturated rings. The molecule has 0 spiro atoms. The molecule has 3 N–H and O–H groups in total. The number of nitrogens with one attached hydrogen (secondary N) is 1. The lowest BCUT2D eigenvalue weighted by molar-refractivity contribution is -0.192. The van der Waals surface area contributed by atoms with E-state index in [2.05, 4.69) is 5.32 Å². The monoisotopic (exact) mass is 498 g/mol. The first-order valence-electron chi connectivity index (χ1n) is 10.3. The van der Waals surface area contributed by atoms with E-state index >= 15 is 0 Å². The van der Waals surface area contributed by atoms with Crippen LogP contribution in [-0.4, -0.2) is 73.8 Å². The molecule has 0 aromatic heterocycles. The lowest BCUT2D eigenvalue weighted by Gasteiger charge is -2.29. The summed E-state index contributed by atoms with van der Waals surface area (Å²) in [4.78, 5) is 34.9. The minimum absolute atomic E-state index is 0.110. The molecule has 1 amide bonds. The van der Waals surface area contributed by atoms with Crippen molar-refractivity contribution in [3.8, 4) is 0 Å². The van der Waals surface area contributed by atoms with Crippen molar-refractivity contribution < 1.29 is 47.2 Å². The topological polar surface area (TPSA) is 125 Å². The molecule has 1 unspecified atom stereocenters. The molecule has 3 rings (SSSR count). The lowest BCUT2D eigenvalue weighted by atomic mass is 10.1. The minimum Gasteiger partial charge on any atom is -0.478 e. The van der Waals surface area contributed by atoms with Gasteiger partial charge in [0.25, 0.3) is 5.91 Å². The van der Waals surface area contributed by atoms with Gasteiger partial charge in [-0.25, -0.2) is 9.59 Å². The van der Waals surface area contributed by atoms with Gasteiger partial charge in [0.1, 0.15) is 0 Å². The fraction of sp³-hybridized carbons (Fsp3) is 0.348. The number of aryl methyl sites for hydroxylation is 1. The van der Waals surface area contributed by atoms with Crippen molar-refractivity contribution >= 4 is 29.2 Å². The van der Waals surface area contributed by atoms with Crippen LogP contribution in [0.1, 0.15) is 26.3 Å². The van der Waals surface area contributed by atoms with Gasteiger partial charge in [0.2, 0.25) is 0 Å². The normalized spacial score (nSPS) is 15.4. The van der Waals surface area contributed by atoms with Gasteiger partial charge < -0.3 is 29.9 Å². The number of hydrogen-bond donors (Lipinski definition) is 3. The van der Waals surface area contributed by atoms with E-state index in [0.29, 0.717) is 43.3 Å². The van der Waals surface area contributed by atoms with Crippen molar-refractivity contribution in [3.63, 3.8) is 0 Å². The van der Waals surface area contributed by atoms with Crippen molar-refractivity contribution in [1.29, 1.82) is 0 Å². The van der Waals surface area contributed by atoms with Gasteiger partial charge in [-0.2, -0.15) is 13.2 Å². The second kappa shape index (κ2) is 12.2. The summed E-state index contributed by atoms with van der Waals surface area (Å²) in [6.07, 6.45) is -5.19. The molecule has 0 bridgehead atoms. The first-order valence-corrected chi connectivity index (χ1v) is 10.3. The van der Waals surface area contributed by atoms with E-state index in [1.807, 2.05) is 31.0 Å². The van der Waals surface area contributed by atoms with Crippen LogP contribution in [0.5, 0.6) is 0 Å². The quantitative estimate of drug-likeness (QED) is 0.553. The van der Waals surface area contributed by atoms with Gasteiger partial charge in [0.05, 0.1) is 37.2 Å². The number of likely N-dealkylation sites (N-methyl/N-ethyl adjacent to an activating group) is 1. The first kappa shape index (κ1) is 27.6. The smallest absolute Gasteiger partial charge is 0.478 e. The Labute approximate surface area is 199 Å². The maximum absolute atomic E-state index is 12.4. The standard InChI is InChI=1S/C21H24N2O5.C2HF3O2/c1-14-4-3-5-15(10-14)20(24)22-16-6-7-19(18(11-16)21(25)26)23(2)12-17-13-27-8-9-28-17;3-2(4,5)1(6)7/h3-7,10-11,17H,8-9,12-13H2,1-2H3,(H,22,24)(H,25,26);(H,6,7). The Bertz CT molecular complexity index is 1050. The van der Waals surface area contributed by atoms with Crippen LogP contribution in [0.15, 0.2) is 42.5 Å². The van der Waals surface area contributed by atoms with Crippen molar-refractivity contribution in [2.45, 2.75) is 19.2 Å². The molecule has 1 heterocycles. The second-order valence-corrected chi connectivity index (χ2v) is 7.61. The number of benzene rings is 2. The van der Waals surface area contributed by atoms with E-state index in [-0.39, 0.29) is 17.6 Å². The van der Waals surface area contributed by atoms with Crippen LogP contribution in [0, 0.1) is 6.92 Å². The zero-order valence-corrected chi connectivity index (χ0v) is 19.0. The Morgan fingerprint density at radius 3 is 2.34 bits per heavy atom. The van der Waals surface area contributed by atoms with E-state index < -0.39 is 18.1 Å².